The zero-order valence-electron chi connectivity index (χ0n) is 9.04. The normalized spacial score (nSPS) is 12.2. The maximum atomic E-state index is 5.73. The van der Waals surface area contributed by atoms with Crippen LogP contribution in [0.2, 0.25) is 0 Å². The molecule has 0 atom stereocenters. The molecule has 76 valence electrons. The van der Waals surface area contributed by atoms with Gasteiger partial charge in [-0.15, -0.1) is 13.2 Å². The highest BCUT2D eigenvalue weighted by molar-refractivity contribution is 6.77. The van der Waals surface area contributed by atoms with Crippen LogP contribution in [0.1, 0.15) is 27.7 Å². The summed E-state index contributed by atoms with van der Waals surface area (Å²) in [6, 6.07) is 0. The molecule has 0 unspecified atom stereocenters. The molecule has 0 saturated carbocycles. The monoisotopic (exact) mass is 200 g/mol. The molecule has 3 heteroatoms. The Morgan fingerprint density at radius 3 is 1.38 bits per heavy atom. The Bertz CT molecular complexity index is 156. The fraction of sp³-hybridized carbons (Fsp3) is 0.600. The standard InChI is InChI=1S/C10H20O2Si/c1-7-13(8-2,11-9(3)4)12-10(5)6/h7-10H,1-2H2,3-6H3. The lowest BCUT2D eigenvalue weighted by Crippen LogP contribution is -2.42. The summed E-state index contributed by atoms with van der Waals surface area (Å²) in [5, 5.41) is 0. The minimum atomic E-state index is -2.34. The fourth-order valence-corrected chi connectivity index (χ4v) is 3.12. The summed E-state index contributed by atoms with van der Waals surface area (Å²) in [5.41, 5.74) is 3.53. The largest absolute Gasteiger partial charge is 0.391 e. The number of hydrogen-bond donors (Lipinski definition) is 0. The zero-order chi connectivity index (χ0) is 10.5. The fourth-order valence-electron chi connectivity index (χ4n) is 1.04. The van der Waals surface area contributed by atoms with E-state index in [-0.39, 0.29) is 12.2 Å². The molecule has 0 aliphatic rings. The Hall–Kier alpha value is -0.383. The quantitative estimate of drug-likeness (QED) is 0.614. The number of rotatable bonds is 6. The van der Waals surface area contributed by atoms with Crippen molar-refractivity contribution in [3.63, 3.8) is 0 Å². The second-order valence-electron chi connectivity index (χ2n) is 3.46. The van der Waals surface area contributed by atoms with Gasteiger partial charge < -0.3 is 8.85 Å². The Labute approximate surface area is 82.5 Å². The molecular formula is C10H20O2Si. The topological polar surface area (TPSA) is 18.5 Å². The lowest BCUT2D eigenvalue weighted by molar-refractivity contribution is 0.123. The minimum Gasteiger partial charge on any atom is -0.386 e. The van der Waals surface area contributed by atoms with Crippen LogP contribution in [0.15, 0.2) is 24.6 Å². The molecule has 0 saturated heterocycles. The van der Waals surface area contributed by atoms with Crippen molar-refractivity contribution in [2.75, 3.05) is 0 Å². The third-order valence-corrected chi connectivity index (χ3v) is 4.23. The molecule has 2 nitrogen and oxygen atoms in total. The third kappa shape index (κ3) is 4.41. The molecule has 0 bridgehead atoms. The van der Waals surface area contributed by atoms with Gasteiger partial charge in [0.25, 0.3) is 0 Å². The van der Waals surface area contributed by atoms with Gasteiger partial charge in [-0.25, -0.2) is 0 Å². The molecule has 0 fully saturated rings. The molecule has 0 rings (SSSR count). The SMILES string of the molecule is C=C[Si](C=C)(OC(C)C)OC(C)C. The summed E-state index contributed by atoms with van der Waals surface area (Å²) in [7, 11) is -2.34. The van der Waals surface area contributed by atoms with Gasteiger partial charge in [0, 0.05) is 12.2 Å². The molecule has 0 amide bonds. The second kappa shape index (κ2) is 5.37. The van der Waals surface area contributed by atoms with Gasteiger partial charge in [-0.1, -0.05) is 0 Å². The lowest BCUT2D eigenvalue weighted by atomic mass is 10.5. The van der Waals surface area contributed by atoms with Crippen LogP contribution >= 0.6 is 0 Å². The molecule has 0 N–H and O–H groups in total. The molecule has 0 spiro atoms. The van der Waals surface area contributed by atoms with E-state index in [1.807, 2.05) is 27.7 Å². The molecule has 0 aliphatic carbocycles. The maximum Gasteiger partial charge on any atom is 0.391 e. The first-order valence-corrected chi connectivity index (χ1v) is 6.55. The smallest absolute Gasteiger partial charge is 0.386 e. The molecule has 0 aromatic rings. The van der Waals surface area contributed by atoms with Gasteiger partial charge in [0.2, 0.25) is 0 Å². The van der Waals surface area contributed by atoms with Gasteiger partial charge in [0.1, 0.15) is 0 Å². The van der Waals surface area contributed by atoms with Crippen molar-refractivity contribution in [3.8, 4) is 0 Å². The van der Waals surface area contributed by atoms with E-state index in [0.29, 0.717) is 0 Å². The molecular weight excluding hydrogens is 180 g/mol. The summed E-state index contributed by atoms with van der Waals surface area (Å²) in [6.45, 7) is 15.4. The molecule has 0 heterocycles. The van der Waals surface area contributed by atoms with Crippen LogP contribution < -0.4 is 0 Å². The van der Waals surface area contributed by atoms with E-state index in [0.717, 1.165) is 0 Å². The van der Waals surface area contributed by atoms with E-state index in [1.165, 1.54) is 0 Å². The second-order valence-corrected chi connectivity index (χ2v) is 6.19. The first-order valence-electron chi connectivity index (χ1n) is 4.58. The van der Waals surface area contributed by atoms with Crippen LogP contribution in [0.25, 0.3) is 0 Å². The Morgan fingerprint density at radius 1 is 0.923 bits per heavy atom. The van der Waals surface area contributed by atoms with E-state index in [9.17, 15) is 0 Å². The van der Waals surface area contributed by atoms with Gasteiger partial charge in [0.05, 0.1) is 0 Å². The van der Waals surface area contributed by atoms with Crippen molar-refractivity contribution >= 4 is 8.56 Å². The van der Waals surface area contributed by atoms with Crippen LogP contribution in [0.4, 0.5) is 0 Å². The van der Waals surface area contributed by atoms with Crippen molar-refractivity contribution < 1.29 is 8.85 Å². The molecule has 13 heavy (non-hydrogen) atoms. The van der Waals surface area contributed by atoms with E-state index in [1.54, 1.807) is 11.4 Å². The van der Waals surface area contributed by atoms with Crippen molar-refractivity contribution in [2.24, 2.45) is 0 Å². The predicted molar refractivity (Wildman–Crippen MR) is 58.6 cm³/mol. The third-order valence-electron chi connectivity index (χ3n) is 1.41. The van der Waals surface area contributed by atoms with Gasteiger partial charge in [-0.05, 0) is 39.1 Å². The van der Waals surface area contributed by atoms with E-state index >= 15 is 0 Å². The van der Waals surface area contributed by atoms with Crippen molar-refractivity contribution in [1.29, 1.82) is 0 Å². The molecule has 0 radical (unpaired) electrons. The first kappa shape index (κ1) is 12.6. The van der Waals surface area contributed by atoms with Crippen LogP contribution in [0.5, 0.6) is 0 Å². The van der Waals surface area contributed by atoms with Crippen LogP contribution in [-0.2, 0) is 8.85 Å². The van der Waals surface area contributed by atoms with Crippen LogP contribution in [-0.4, -0.2) is 20.8 Å². The Kier molecular flexibility index (Phi) is 5.21. The van der Waals surface area contributed by atoms with Crippen molar-refractivity contribution in [3.05, 3.63) is 24.6 Å². The molecule has 0 aromatic heterocycles. The van der Waals surface area contributed by atoms with E-state index < -0.39 is 8.56 Å². The average Bonchev–Trinajstić information content (AvgIpc) is 2.01. The minimum absolute atomic E-state index is 0.140. The maximum absolute atomic E-state index is 5.73. The van der Waals surface area contributed by atoms with Crippen LogP contribution in [0, 0.1) is 0 Å². The summed E-state index contributed by atoms with van der Waals surface area (Å²) in [5.74, 6) is 0. The summed E-state index contributed by atoms with van der Waals surface area (Å²) in [4.78, 5) is 0. The summed E-state index contributed by atoms with van der Waals surface area (Å²) >= 11 is 0. The average molecular weight is 200 g/mol. The molecule has 0 aromatic carbocycles. The lowest BCUT2D eigenvalue weighted by Gasteiger charge is -2.28. The van der Waals surface area contributed by atoms with Gasteiger partial charge in [-0.2, -0.15) is 0 Å². The van der Waals surface area contributed by atoms with Gasteiger partial charge in [0.15, 0.2) is 0 Å². The van der Waals surface area contributed by atoms with E-state index in [4.69, 9.17) is 8.85 Å². The van der Waals surface area contributed by atoms with Gasteiger partial charge in [-0.3, -0.25) is 0 Å². The highest BCUT2D eigenvalue weighted by atomic mass is 28.4. The number of hydrogen-bond acceptors (Lipinski definition) is 2. The Balaban J connectivity index is 4.49. The van der Waals surface area contributed by atoms with Gasteiger partial charge >= 0.3 is 8.56 Å². The highest BCUT2D eigenvalue weighted by Crippen LogP contribution is 2.15. The first-order chi connectivity index (χ1) is 5.95. The highest BCUT2D eigenvalue weighted by Gasteiger charge is 2.32. The summed E-state index contributed by atoms with van der Waals surface area (Å²) < 4.78 is 11.5. The predicted octanol–water partition coefficient (Wildman–Crippen LogP) is 2.73. The van der Waals surface area contributed by atoms with Crippen molar-refractivity contribution in [2.45, 2.75) is 39.9 Å². The van der Waals surface area contributed by atoms with E-state index in [2.05, 4.69) is 13.2 Å². The zero-order valence-corrected chi connectivity index (χ0v) is 10.0. The summed E-state index contributed by atoms with van der Waals surface area (Å²) in [6.07, 6.45) is 0.280. The Morgan fingerprint density at radius 2 is 1.23 bits per heavy atom. The molecule has 0 aliphatic heterocycles. The van der Waals surface area contributed by atoms with Crippen molar-refractivity contribution in [1.82, 2.24) is 0 Å². The van der Waals surface area contributed by atoms with Crippen LogP contribution in [0.3, 0.4) is 0 Å².